The minimum Gasteiger partial charge on any atom is -0.497 e. The number of aliphatic imine (C=N–C) groups is 1. The number of aryl methyl sites for hydroxylation is 1. The van der Waals surface area contributed by atoms with Crippen LogP contribution < -0.4 is 4.74 Å². The van der Waals surface area contributed by atoms with Crippen LogP contribution in [0.25, 0.3) is 34.0 Å². The number of para-hydroxylation sites is 1. The molecule has 0 fully saturated rings. The molecule has 4 aromatic rings. The molecule has 3 heterocycles. The molecule has 8 nitrogen and oxygen atoms in total. The molecular formula is C30H30N4O4. The largest absolute Gasteiger partial charge is 0.497 e. The normalized spacial score (nSPS) is 15.3. The lowest BCUT2D eigenvalue weighted by molar-refractivity contribution is -0.156. The Bertz CT molecular complexity index is 1650. The van der Waals surface area contributed by atoms with Gasteiger partial charge in [-0.15, -0.1) is 0 Å². The van der Waals surface area contributed by atoms with E-state index in [2.05, 4.69) is 9.98 Å². The van der Waals surface area contributed by atoms with Crippen molar-refractivity contribution in [2.45, 2.75) is 26.4 Å². The van der Waals surface area contributed by atoms with E-state index >= 15 is 0 Å². The second-order valence-electron chi connectivity index (χ2n) is 10.2. The molecule has 0 saturated heterocycles. The highest BCUT2D eigenvalue weighted by Crippen LogP contribution is 2.28. The van der Waals surface area contributed by atoms with E-state index in [-0.39, 0.29) is 18.1 Å². The van der Waals surface area contributed by atoms with Crippen molar-refractivity contribution >= 4 is 51.7 Å². The van der Waals surface area contributed by atoms with E-state index in [1.807, 2.05) is 72.5 Å². The fraction of sp³-hybridized carbons (Fsp3) is 0.233. The zero-order valence-electron chi connectivity index (χ0n) is 22.1. The summed E-state index contributed by atoms with van der Waals surface area (Å²) in [5, 5.41) is 1.98. The average Bonchev–Trinajstić information content (AvgIpc) is 3.51. The summed E-state index contributed by atoms with van der Waals surface area (Å²) in [5.41, 5.74) is 3.36. The minimum absolute atomic E-state index is 0.242. The van der Waals surface area contributed by atoms with E-state index in [9.17, 15) is 9.59 Å². The van der Waals surface area contributed by atoms with E-state index < -0.39 is 11.6 Å². The molecule has 0 bridgehead atoms. The molecule has 38 heavy (non-hydrogen) atoms. The van der Waals surface area contributed by atoms with Gasteiger partial charge >= 0.3 is 5.97 Å². The maximum Gasteiger partial charge on any atom is 0.326 e. The number of hydrogen-bond acceptors (Lipinski definition) is 5. The first-order valence-corrected chi connectivity index (χ1v) is 12.3. The molecule has 0 radical (unpaired) electrons. The second-order valence-corrected chi connectivity index (χ2v) is 10.2. The molecule has 1 aliphatic heterocycles. The van der Waals surface area contributed by atoms with Crippen LogP contribution in [0.4, 0.5) is 0 Å². The Kier molecular flexibility index (Phi) is 6.40. The van der Waals surface area contributed by atoms with Gasteiger partial charge in [-0.05, 0) is 63.3 Å². The molecule has 1 amide bonds. The van der Waals surface area contributed by atoms with Gasteiger partial charge < -0.3 is 19.0 Å². The summed E-state index contributed by atoms with van der Waals surface area (Å²) in [6.45, 7) is 5.14. The summed E-state index contributed by atoms with van der Waals surface area (Å²) < 4.78 is 12.9. The van der Waals surface area contributed by atoms with Gasteiger partial charge in [0.2, 0.25) is 0 Å². The van der Waals surface area contributed by atoms with E-state index in [1.165, 1.54) is 4.90 Å². The highest BCUT2D eigenvalue weighted by atomic mass is 16.6. The van der Waals surface area contributed by atoms with Crippen molar-refractivity contribution in [2.24, 2.45) is 12.0 Å². The number of methoxy groups -OCH3 is 1. The molecule has 0 unspecified atom stereocenters. The number of fused-ring (bicyclic) bond motifs is 2. The Morgan fingerprint density at radius 2 is 1.87 bits per heavy atom. The van der Waals surface area contributed by atoms with Crippen molar-refractivity contribution in [1.82, 2.24) is 14.5 Å². The third kappa shape index (κ3) is 4.98. The van der Waals surface area contributed by atoms with Crippen LogP contribution in [-0.4, -0.2) is 51.4 Å². The number of esters is 1. The summed E-state index contributed by atoms with van der Waals surface area (Å²) in [4.78, 5) is 35.4. The fourth-order valence-electron chi connectivity index (χ4n) is 4.54. The number of nitrogens with one attached hydrogen (secondary N) is 1. The van der Waals surface area contributed by atoms with Crippen molar-refractivity contribution in [1.29, 1.82) is 0 Å². The number of hydrogen-bond donors (Lipinski definition) is 1. The zero-order valence-corrected chi connectivity index (χ0v) is 22.1. The molecule has 0 aliphatic carbocycles. The number of carbonyl (C=O) groups is 2. The van der Waals surface area contributed by atoms with E-state index in [0.29, 0.717) is 5.84 Å². The Morgan fingerprint density at radius 1 is 1.08 bits per heavy atom. The van der Waals surface area contributed by atoms with Gasteiger partial charge in [0.05, 0.1) is 7.11 Å². The van der Waals surface area contributed by atoms with Crippen LogP contribution in [0.5, 0.6) is 5.75 Å². The molecule has 194 valence electrons. The van der Waals surface area contributed by atoms with Crippen LogP contribution in [0.3, 0.4) is 0 Å². The van der Waals surface area contributed by atoms with Gasteiger partial charge in [0.15, 0.2) is 0 Å². The first-order chi connectivity index (χ1) is 18.1. The molecule has 8 heteroatoms. The number of rotatable bonds is 6. The van der Waals surface area contributed by atoms with Gasteiger partial charge in [-0.2, -0.15) is 0 Å². The molecule has 0 atom stereocenters. The van der Waals surface area contributed by atoms with Gasteiger partial charge in [0.25, 0.3) is 5.91 Å². The number of H-pyrrole nitrogens is 1. The van der Waals surface area contributed by atoms with Gasteiger partial charge in [0, 0.05) is 52.4 Å². The third-order valence-electron chi connectivity index (χ3n) is 6.24. The molecule has 0 spiro atoms. The smallest absolute Gasteiger partial charge is 0.326 e. The standard InChI is InChI=1S/C30H30N4O4/c1-30(2,3)38-28(35)18-34-27(13-10-19-17-33(4)26-12-11-21(37-5)15-23(19)26)32-25(29(34)36)14-20-16-31-24-9-7-6-8-22(20)24/h6-17,31H,18H2,1-5H3/b13-10+,25-14-. The highest BCUT2D eigenvalue weighted by molar-refractivity contribution is 6.20. The summed E-state index contributed by atoms with van der Waals surface area (Å²) >= 11 is 0. The van der Waals surface area contributed by atoms with Crippen LogP contribution in [0, 0.1) is 0 Å². The number of ether oxygens (including phenoxy) is 2. The first-order valence-electron chi connectivity index (χ1n) is 12.3. The van der Waals surface area contributed by atoms with E-state index in [4.69, 9.17) is 9.47 Å². The number of amidine groups is 1. The fourth-order valence-corrected chi connectivity index (χ4v) is 4.54. The molecule has 1 N–H and O–H groups in total. The summed E-state index contributed by atoms with van der Waals surface area (Å²) in [6.07, 6.45) is 9.24. The molecule has 2 aromatic heterocycles. The monoisotopic (exact) mass is 510 g/mol. The lowest BCUT2D eigenvalue weighted by Gasteiger charge is -2.22. The van der Waals surface area contributed by atoms with Crippen molar-refractivity contribution in [3.05, 3.63) is 77.8 Å². The van der Waals surface area contributed by atoms with Crippen molar-refractivity contribution in [2.75, 3.05) is 13.7 Å². The predicted octanol–water partition coefficient (Wildman–Crippen LogP) is 5.30. The van der Waals surface area contributed by atoms with E-state index in [0.717, 1.165) is 38.7 Å². The lowest BCUT2D eigenvalue weighted by Crippen LogP contribution is -2.39. The number of carbonyl (C=O) groups excluding carboxylic acids is 2. The van der Waals surface area contributed by atoms with Crippen LogP contribution in [-0.2, 0) is 21.4 Å². The Morgan fingerprint density at radius 3 is 2.63 bits per heavy atom. The SMILES string of the molecule is COc1ccc2c(c1)c(/C=C/C1=NC(=C\c3c[nH]c4ccccc34)/C(=O)N1CC(=O)OC(C)(C)C)cn2C. The Hall–Kier alpha value is -4.59. The van der Waals surface area contributed by atoms with Gasteiger partial charge in [-0.3, -0.25) is 14.5 Å². The van der Waals surface area contributed by atoms with Crippen LogP contribution in [0.15, 0.2) is 71.6 Å². The van der Waals surface area contributed by atoms with Crippen LogP contribution >= 0.6 is 0 Å². The van der Waals surface area contributed by atoms with Gasteiger partial charge in [-0.1, -0.05) is 18.2 Å². The summed E-state index contributed by atoms with van der Waals surface area (Å²) in [5.74, 6) is 0.254. The molecule has 1 aliphatic rings. The summed E-state index contributed by atoms with van der Waals surface area (Å²) in [7, 11) is 3.61. The zero-order chi connectivity index (χ0) is 27.0. The lowest BCUT2D eigenvalue weighted by atomic mass is 10.1. The minimum atomic E-state index is -0.669. The number of amides is 1. The molecule has 2 aromatic carbocycles. The Labute approximate surface area is 220 Å². The number of benzene rings is 2. The van der Waals surface area contributed by atoms with Gasteiger partial charge in [-0.25, -0.2) is 4.99 Å². The topological polar surface area (TPSA) is 88.9 Å². The van der Waals surface area contributed by atoms with Gasteiger partial charge in [0.1, 0.15) is 29.4 Å². The van der Waals surface area contributed by atoms with E-state index in [1.54, 1.807) is 40.0 Å². The predicted molar refractivity (Wildman–Crippen MR) is 150 cm³/mol. The van der Waals surface area contributed by atoms with Crippen LogP contribution in [0.1, 0.15) is 31.9 Å². The number of aromatic amines is 1. The quantitative estimate of drug-likeness (QED) is 0.281. The molecule has 5 rings (SSSR count). The maximum absolute atomic E-state index is 13.5. The second kappa shape index (κ2) is 9.70. The molecule has 0 saturated carbocycles. The number of aromatic nitrogens is 2. The first kappa shape index (κ1) is 25.1. The maximum atomic E-state index is 13.5. The van der Waals surface area contributed by atoms with Crippen molar-refractivity contribution in [3.8, 4) is 5.75 Å². The van der Waals surface area contributed by atoms with Crippen molar-refractivity contribution < 1.29 is 19.1 Å². The Balaban J connectivity index is 1.53. The average molecular weight is 511 g/mol. The van der Waals surface area contributed by atoms with Crippen LogP contribution in [0.2, 0.25) is 0 Å². The highest BCUT2D eigenvalue weighted by Gasteiger charge is 2.32. The molecular weight excluding hydrogens is 480 g/mol. The van der Waals surface area contributed by atoms with Crippen molar-refractivity contribution in [3.63, 3.8) is 0 Å². The summed E-state index contributed by atoms with van der Waals surface area (Å²) in [6, 6.07) is 13.7. The number of nitrogens with zero attached hydrogens (tertiary/aromatic N) is 3. The third-order valence-corrected chi connectivity index (χ3v) is 6.24.